The summed E-state index contributed by atoms with van der Waals surface area (Å²) >= 11 is 0. The van der Waals surface area contributed by atoms with Gasteiger partial charge in [-0.3, -0.25) is 0 Å². The fraction of sp³-hybridized carbons (Fsp3) is 0.345. The zero-order chi connectivity index (χ0) is 27.9. The lowest BCUT2D eigenvalue weighted by Crippen LogP contribution is -2.50. The van der Waals surface area contributed by atoms with Crippen molar-refractivity contribution in [1.29, 1.82) is 0 Å². The highest BCUT2D eigenvalue weighted by molar-refractivity contribution is 5.84. The summed E-state index contributed by atoms with van der Waals surface area (Å²) < 4.78 is 12.3. The van der Waals surface area contributed by atoms with E-state index in [0.29, 0.717) is 38.4 Å². The second kappa shape index (κ2) is 12.5. The number of benzene rings is 2. The van der Waals surface area contributed by atoms with Gasteiger partial charge in [0, 0.05) is 44.4 Å². The average molecular weight is 544 g/mol. The van der Waals surface area contributed by atoms with Gasteiger partial charge in [0.05, 0.1) is 13.7 Å². The molecule has 1 atom stereocenters. The number of carbonyl (C=O) groups is 2. The number of urea groups is 1. The summed E-state index contributed by atoms with van der Waals surface area (Å²) in [5, 5.41) is 7.37. The van der Waals surface area contributed by atoms with Crippen LogP contribution in [0, 0.1) is 0 Å². The number of methoxy groups -OCH3 is 1. The van der Waals surface area contributed by atoms with Crippen molar-refractivity contribution >= 4 is 23.6 Å². The lowest BCUT2D eigenvalue weighted by molar-refractivity contribution is -0.145. The first-order chi connectivity index (χ1) is 19.6. The fourth-order valence-electron chi connectivity index (χ4n) is 4.90. The minimum Gasteiger partial charge on any atom is -0.497 e. The van der Waals surface area contributed by atoms with Crippen LogP contribution in [0.2, 0.25) is 0 Å². The number of esters is 1. The van der Waals surface area contributed by atoms with E-state index in [1.807, 2.05) is 60.8 Å². The molecule has 0 saturated carbocycles. The maximum absolute atomic E-state index is 13.4. The molecular weight excluding hydrogens is 510 g/mol. The first-order valence-corrected chi connectivity index (χ1v) is 13.4. The minimum atomic E-state index is -0.772. The molecule has 0 bridgehead atoms. The van der Waals surface area contributed by atoms with E-state index in [-0.39, 0.29) is 12.6 Å². The SMILES string of the molecule is CCOC(=O)[C@@H](Cc1ccccc1)NC(=O)N1CCCN(c2c(-c3ccc(OC)cc3)cnc3ncnn23)CC1. The zero-order valence-corrected chi connectivity index (χ0v) is 22.7. The number of nitrogens with one attached hydrogen (secondary N) is 1. The van der Waals surface area contributed by atoms with Gasteiger partial charge in [0.25, 0.3) is 5.78 Å². The van der Waals surface area contributed by atoms with Crippen LogP contribution in [0.15, 0.2) is 67.1 Å². The van der Waals surface area contributed by atoms with Crippen molar-refractivity contribution in [1.82, 2.24) is 29.8 Å². The topological polar surface area (TPSA) is 114 Å². The molecule has 208 valence electrons. The number of hydrogen-bond donors (Lipinski definition) is 1. The highest BCUT2D eigenvalue weighted by Gasteiger charge is 2.28. The smallest absolute Gasteiger partial charge is 0.329 e. The number of rotatable bonds is 8. The van der Waals surface area contributed by atoms with Crippen LogP contribution in [0.3, 0.4) is 0 Å². The molecule has 0 aliphatic carbocycles. The molecule has 3 heterocycles. The Balaban J connectivity index is 1.34. The highest BCUT2D eigenvalue weighted by atomic mass is 16.5. The third-order valence-corrected chi connectivity index (χ3v) is 6.92. The molecular formula is C29H33N7O4. The molecule has 1 N–H and O–H groups in total. The maximum Gasteiger partial charge on any atom is 0.329 e. The predicted octanol–water partition coefficient (Wildman–Crippen LogP) is 3.20. The predicted molar refractivity (Wildman–Crippen MR) is 150 cm³/mol. The van der Waals surface area contributed by atoms with Crippen LogP contribution in [0.1, 0.15) is 18.9 Å². The average Bonchev–Trinajstić information content (AvgIpc) is 3.33. The molecule has 4 aromatic rings. The second-order valence-electron chi connectivity index (χ2n) is 9.47. The Labute approximate surface area is 232 Å². The van der Waals surface area contributed by atoms with Crippen LogP contribution in [-0.2, 0) is 16.0 Å². The van der Waals surface area contributed by atoms with Crippen LogP contribution in [-0.4, -0.2) is 82.4 Å². The van der Waals surface area contributed by atoms with Crippen LogP contribution in [0.5, 0.6) is 5.75 Å². The van der Waals surface area contributed by atoms with Gasteiger partial charge >= 0.3 is 12.0 Å². The first kappa shape index (κ1) is 26.9. The maximum atomic E-state index is 13.4. The number of nitrogens with zero attached hydrogens (tertiary/aromatic N) is 6. The molecule has 2 aromatic heterocycles. The molecule has 0 radical (unpaired) electrons. The van der Waals surface area contributed by atoms with Crippen molar-refractivity contribution < 1.29 is 19.1 Å². The summed E-state index contributed by atoms with van der Waals surface area (Å²) in [4.78, 5) is 38.8. The van der Waals surface area contributed by atoms with E-state index in [9.17, 15) is 9.59 Å². The van der Waals surface area contributed by atoms with Gasteiger partial charge in [-0.15, -0.1) is 0 Å². The number of anilines is 1. The van der Waals surface area contributed by atoms with Crippen molar-refractivity contribution in [3.05, 3.63) is 72.7 Å². The Bertz CT molecular complexity index is 1440. The van der Waals surface area contributed by atoms with E-state index in [1.165, 1.54) is 6.33 Å². The lowest BCUT2D eigenvalue weighted by Gasteiger charge is -2.27. The Kier molecular flexibility index (Phi) is 8.38. The third-order valence-electron chi connectivity index (χ3n) is 6.92. The summed E-state index contributed by atoms with van der Waals surface area (Å²) in [6.07, 6.45) is 4.39. The van der Waals surface area contributed by atoms with Gasteiger partial charge < -0.3 is 24.6 Å². The van der Waals surface area contributed by atoms with Gasteiger partial charge in [0.15, 0.2) is 0 Å². The zero-order valence-electron chi connectivity index (χ0n) is 22.7. The summed E-state index contributed by atoms with van der Waals surface area (Å²) in [5.74, 6) is 1.70. The minimum absolute atomic E-state index is 0.248. The van der Waals surface area contributed by atoms with E-state index < -0.39 is 12.0 Å². The van der Waals surface area contributed by atoms with Crippen LogP contribution in [0.25, 0.3) is 16.9 Å². The fourth-order valence-corrected chi connectivity index (χ4v) is 4.90. The molecule has 11 heteroatoms. The van der Waals surface area contributed by atoms with Crippen molar-refractivity contribution in [2.24, 2.45) is 0 Å². The number of carbonyl (C=O) groups excluding carboxylic acids is 2. The van der Waals surface area contributed by atoms with E-state index >= 15 is 0 Å². The van der Waals surface area contributed by atoms with Gasteiger partial charge in [-0.1, -0.05) is 42.5 Å². The van der Waals surface area contributed by atoms with Crippen molar-refractivity contribution in [2.75, 3.05) is 44.8 Å². The van der Waals surface area contributed by atoms with E-state index in [0.717, 1.165) is 34.7 Å². The number of ether oxygens (including phenoxy) is 2. The van der Waals surface area contributed by atoms with Gasteiger partial charge in [-0.2, -0.15) is 14.6 Å². The van der Waals surface area contributed by atoms with E-state index in [4.69, 9.17) is 9.47 Å². The molecule has 0 spiro atoms. The molecule has 2 amide bonds. The number of fused-ring (bicyclic) bond motifs is 1. The number of hydrogen-bond acceptors (Lipinski definition) is 8. The molecule has 5 rings (SSSR count). The Morgan fingerprint density at radius 2 is 1.80 bits per heavy atom. The molecule has 11 nitrogen and oxygen atoms in total. The summed E-state index contributed by atoms with van der Waals surface area (Å²) in [6, 6.07) is 16.3. The Morgan fingerprint density at radius 3 is 2.55 bits per heavy atom. The van der Waals surface area contributed by atoms with Gasteiger partial charge in [-0.25, -0.2) is 14.6 Å². The van der Waals surface area contributed by atoms with Crippen LogP contribution < -0.4 is 15.0 Å². The standard InChI is InChI=1S/C29H33N7O4/c1-3-40-27(37)25(18-21-8-5-4-6-9-21)33-29(38)35-15-7-14-34(16-17-35)26-24(19-30-28-31-20-32-36(26)28)22-10-12-23(39-2)13-11-22/h4-6,8-13,19-20,25H,3,7,14-18H2,1-2H3,(H,33,38)/t25-/m1/s1. The van der Waals surface area contributed by atoms with Crippen molar-refractivity contribution in [3.8, 4) is 16.9 Å². The molecule has 2 aromatic carbocycles. The third kappa shape index (κ3) is 5.98. The van der Waals surface area contributed by atoms with Gasteiger partial charge in [-0.05, 0) is 36.6 Å². The molecule has 0 unspecified atom stereocenters. The quantitative estimate of drug-likeness (QED) is 0.337. The summed E-state index contributed by atoms with van der Waals surface area (Å²) in [5.41, 5.74) is 2.82. The van der Waals surface area contributed by atoms with Crippen molar-refractivity contribution in [3.63, 3.8) is 0 Å². The lowest BCUT2D eigenvalue weighted by atomic mass is 10.1. The van der Waals surface area contributed by atoms with Crippen LogP contribution in [0.4, 0.5) is 10.6 Å². The van der Waals surface area contributed by atoms with Crippen molar-refractivity contribution in [2.45, 2.75) is 25.8 Å². The largest absolute Gasteiger partial charge is 0.497 e. The molecule has 40 heavy (non-hydrogen) atoms. The van der Waals surface area contributed by atoms with Gasteiger partial charge in [0.2, 0.25) is 0 Å². The van der Waals surface area contributed by atoms with E-state index in [1.54, 1.807) is 23.4 Å². The summed E-state index contributed by atoms with van der Waals surface area (Å²) in [7, 11) is 1.64. The summed E-state index contributed by atoms with van der Waals surface area (Å²) in [6.45, 7) is 4.29. The van der Waals surface area contributed by atoms with E-state index in [2.05, 4.69) is 25.3 Å². The Morgan fingerprint density at radius 1 is 1.00 bits per heavy atom. The normalized spacial score (nSPS) is 14.4. The first-order valence-electron chi connectivity index (χ1n) is 13.4. The molecule has 1 aliphatic heterocycles. The number of amides is 2. The molecule has 1 fully saturated rings. The van der Waals surface area contributed by atoms with Crippen LogP contribution >= 0.6 is 0 Å². The Hall–Kier alpha value is -4.67. The molecule has 1 aliphatic rings. The monoisotopic (exact) mass is 543 g/mol. The van der Waals surface area contributed by atoms with Gasteiger partial charge in [0.1, 0.15) is 23.9 Å². The highest BCUT2D eigenvalue weighted by Crippen LogP contribution is 2.32. The molecule has 1 saturated heterocycles. The second-order valence-corrected chi connectivity index (χ2v) is 9.47. The number of aromatic nitrogens is 4.